The normalized spacial score (nSPS) is 13.1. The lowest BCUT2D eigenvalue weighted by atomic mass is 10.1. The first-order chi connectivity index (χ1) is 7.93. The summed E-state index contributed by atoms with van der Waals surface area (Å²) in [6.07, 6.45) is 0. The van der Waals surface area contributed by atoms with E-state index in [-0.39, 0.29) is 10.8 Å². The van der Waals surface area contributed by atoms with Crippen LogP contribution in [0.25, 0.3) is 0 Å². The molecule has 0 heterocycles. The highest BCUT2D eigenvalue weighted by Gasteiger charge is 2.30. The molecule has 0 bridgehead atoms. The summed E-state index contributed by atoms with van der Waals surface area (Å²) < 4.78 is 29.2. The molecule has 17 heavy (non-hydrogen) atoms. The highest BCUT2D eigenvalue weighted by atomic mass is 32.2. The molecule has 0 aliphatic heterocycles. The lowest BCUT2D eigenvalue weighted by molar-refractivity contribution is 0.414. The molecule has 5 heteroatoms. The fourth-order valence-electron chi connectivity index (χ4n) is 1.49. The number of rotatable bonds is 4. The van der Waals surface area contributed by atoms with Gasteiger partial charge in [-0.3, -0.25) is 0 Å². The molecule has 1 rings (SSSR count). The molecule has 0 N–H and O–H groups in total. The van der Waals surface area contributed by atoms with Crippen molar-refractivity contribution in [3.63, 3.8) is 0 Å². The van der Waals surface area contributed by atoms with Gasteiger partial charge < -0.3 is 4.74 Å². The van der Waals surface area contributed by atoms with Crippen molar-refractivity contribution in [3.05, 3.63) is 24.3 Å². The number of hydrogen-bond donors (Lipinski definition) is 0. The Morgan fingerprint density at radius 1 is 1.24 bits per heavy atom. The maximum absolute atomic E-state index is 12.1. The van der Waals surface area contributed by atoms with Crippen LogP contribution in [0.3, 0.4) is 0 Å². The molecule has 1 aromatic rings. The number of ether oxygens (including phenoxy) is 1. The number of methoxy groups -OCH3 is 1. The Kier molecular flexibility index (Phi) is 4.13. The van der Waals surface area contributed by atoms with Crippen molar-refractivity contribution >= 4 is 9.84 Å². The number of nitrogens with zero attached hydrogens (tertiary/aromatic N) is 1. The number of sulfone groups is 1. The summed E-state index contributed by atoms with van der Waals surface area (Å²) in [6, 6.07) is 7.91. The summed E-state index contributed by atoms with van der Waals surface area (Å²) in [5, 5.41) is 7.92. The molecule has 0 aromatic heterocycles. The van der Waals surface area contributed by atoms with Crippen LogP contribution in [0.1, 0.15) is 13.8 Å². The van der Waals surface area contributed by atoms with Gasteiger partial charge in [0.15, 0.2) is 15.1 Å². The predicted octanol–water partition coefficient (Wildman–Crippen LogP) is 2.02. The van der Waals surface area contributed by atoms with Crippen molar-refractivity contribution in [2.75, 3.05) is 7.11 Å². The van der Waals surface area contributed by atoms with E-state index >= 15 is 0 Å². The standard InChI is InChI=1S/C12H15NO3S/c1-9(2)12(8-13)17(14,15)11-6-4-10(16-3)5-7-11/h4-7,9,12H,1-3H3. The SMILES string of the molecule is COc1ccc(S(=O)(=O)C(C#N)C(C)C)cc1. The van der Waals surface area contributed by atoms with E-state index < -0.39 is 15.1 Å². The topological polar surface area (TPSA) is 67.2 Å². The third-order valence-corrected chi connectivity index (χ3v) is 4.70. The summed E-state index contributed by atoms with van der Waals surface area (Å²) in [7, 11) is -2.08. The Labute approximate surface area is 102 Å². The zero-order valence-electron chi connectivity index (χ0n) is 10.0. The van der Waals surface area contributed by atoms with Gasteiger partial charge in [0.25, 0.3) is 0 Å². The first kappa shape index (κ1) is 13.5. The maximum atomic E-state index is 12.1. The molecular weight excluding hydrogens is 238 g/mol. The van der Waals surface area contributed by atoms with Gasteiger partial charge in [-0.2, -0.15) is 5.26 Å². The Balaban J connectivity index is 3.17. The highest BCUT2D eigenvalue weighted by molar-refractivity contribution is 7.92. The van der Waals surface area contributed by atoms with Crippen molar-refractivity contribution in [1.82, 2.24) is 0 Å². The zero-order valence-corrected chi connectivity index (χ0v) is 10.9. The van der Waals surface area contributed by atoms with Crippen LogP contribution < -0.4 is 4.74 Å². The van der Waals surface area contributed by atoms with E-state index in [1.165, 1.54) is 19.2 Å². The molecule has 0 radical (unpaired) electrons. The van der Waals surface area contributed by atoms with E-state index in [0.717, 1.165) is 0 Å². The minimum Gasteiger partial charge on any atom is -0.497 e. The molecule has 0 amide bonds. The second-order valence-corrected chi connectivity index (χ2v) is 6.08. The third kappa shape index (κ3) is 2.77. The quantitative estimate of drug-likeness (QED) is 0.823. The van der Waals surface area contributed by atoms with Crippen LogP contribution >= 0.6 is 0 Å². The molecule has 0 aliphatic rings. The summed E-state index contributed by atoms with van der Waals surface area (Å²) in [4.78, 5) is 0.151. The summed E-state index contributed by atoms with van der Waals surface area (Å²) >= 11 is 0. The molecular formula is C12H15NO3S. The van der Waals surface area contributed by atoms with Crippen LogP contribution in [0.5, 0.6) is 5.75 Å². The van der Waals surface area contributed by atoms with Gasteiger partial charge in [0, 0.05) is 0 Å². The Bertz CT molecular complexity index is 512. The molecule has 1 unspecified atom stereocenters. The molecule has 0 saturated heterocycles. The van der Waals surface area contributed by atoms with Gasteiger partial charge in [0.2, 0.25) is 0 Å². The van der Waals surface area contributed by atoms with Crippen LogP contribution in [0.4, 0.5) is 0 Å². The van der Waals surface area contributed by atoms with Crippen molar-refractivity contribution in [2.45, 2.75) is 24.0 Å². The van der Waals surface area contributed by atoms with Crippen LogP contribution in [0.2, 0.25) is 0 Å². The Hall–Kier alpha value is -1.54. The molecule has 92 valence electrons. The molecule has 0 spiro atoms. The maximum Gasteiger partial charge on any atom is 0.194 e. The van der Waals surface area contributed by atoms with Crippen LogP contribution in [-0.4, -0.2) is 20.8 Å². The van der Waals surface area contributed by atoms with E-state index in [0.29, 0.717) is 5.75 Å². The van der Waals surface area contributed by atoms with Gasteiger partial charge in [-0.1, -0.05) is 13.8 Å². The second kappa shape index (κ2) is 5.19. The van der Waals surface area contributed by atoms with E-state index in [1.54, 1.807) is 26.0 Å². The lowest BCUT2D eigenvalue weighted by Crippen LogP contribution is -2.25. The first-order valence-electron chi connectivity index (χ1n) is 5.21. The Morgan fingerprint density at radius 3 is 2.12 bits per heavy atom. The average Bonchev–Trinajstić information content (AvgIpc) is 2.29. The van der Waals surface area contributed by atoms with Crippen LogP contribution in [0.15, 0.2) is 29.2 Å². The van der Waals surface area contributed by atoms with E-state index in [4.69, 9.17) is 10.00 Å². The fourth-order valence-corrected chi connectivity index (χ4v) is 3.15. The van der Waals surface area contributed by atoms with Gasteiger partial charge in [-0.15, -0.1) is 0 Å². The summed E-state index contributed by atoms with van der Waals surface area (Å²) in [5.41, 5.74) is 0. The lowest BCUT2D eigenvalue weighted by Gasteiger charge is -2.14. The summed E-state index contributed by atoms with van der Waals surface area (Å²) in [6.45, 7) is 3.43. The molecule has 4 nitrogen and oxygen atoms in total. The molecule has 0 aliphatic carbocycles. The van der Waals surface area contributed by atoms with Gasteiger partial charge in [-0.05, 0) is 30.2 Å². The van der Waals surface area contributed by atoms with E-state index in [9.17, 15) is 8.42 Å². The minimum atomic E-state index is -3.59. The van der Waals surface area contributed by atoms with Crippen molar-refractivity contribution in [1.29, 1.82) is 5.26 Å². The van der Waals surface area contributed by atoms with Crippen LogP contribution in [0, 0.1) is 17.2 Å². The zero-order chi connectivity index (χ0) is 13.1. The second-order valence-electron chi connectivity index (χ2n) is 4.01. The minimum absolute atomic E-state index is 0.151. The summed E-state index contributed by atoms with van der Waals surface area (Å²) in [5.74, 6) is 0.342. The Morgan fingerprint density at radius 2 is 1.76 bits per heavy atom. The molecule has 0 fully saturated rings. The average molecular weight is 253 g/mol. The van der Waals surface area contributed by atoms with Crippen molar-refractivity contribution in [3.8, 4) is 11.8 Å². The fraction of sp³-hybridized carbons (Fsp3) is 0.417. The number of nitriles is 1. The molecule has 1 aromatic carbocycles. The van der Waals surface area contributed by atoms with Crippen LogP contribution in [-0.2, 0) is 9.84 Å². The molecule has 1 atom stereocenters. The number of hydrogen-bond acceptors (Lipinski definition) is 4. The predicted molar refractivity (Wildman–Crippen MR) is 64.4 cm³/mol. The van der Waals surface area contributed by atoms with Crippen molar-refractivity contribution < 1.29 is 13.2 Å². The molecule has 0 saturated carbocycles. The largest absolute Gasteiger partial charge is 0.497 e. The highest BCUT2D eigenvalue weighted by Crippen LogP contribution is 2.23. The van der Waals surface area contributed by atoms with Gasteiger partial charge in [0.1, 0.15) is 5.75 Å². The van der Waals surface area contributed by atoms with Gasteiger partial charge >= 0.3 is 0 Å². The monoisotopic (exact) mass is 253 g/mol. The van der Waals surface area contributed by atoms with Crippen molar-refractivity contribution in [2.24, 2.45) is 5.92 Å². The smallest absolute Gasteiger partial charge is 0.194 e. The third-order valence-electron chi connectivity index (χ3n) is 2.46. The van der Waals surface area contributed by atoms with Gasteiger partial charge in [-0.25, -0.2) is 8.42 Å². The van der Waals surface area contributed by atoms with Gasteiger partial charge in [0.05, 0.1) is 18.1 Å². The first-order valence-corrected chi connectivity index (χ1v) is 6.75. The van der Waals surface area contributed by atoms with E-state index in [1.807, 2.05) is 6.07 Å². The van der Waals surface area contributed by atoms with E-state index in [2.05, 4.69) is 0 Å². The number of benzene rings is 1.